The molecule has 0 aliphatic carbocycles. The van der Waals surface area contributed by atoms with Crippen LogP contribution in [0.4, 0.5) is 0 Å². The van der Waals surface area contributed by atoms with E-state index >= 15 is 0 Å². The van der Waals surface area contributed by atoms with Gasteiger partial charge in [-0.25, -0.2) is 0 Å². The summed E-state index contributed by atoms with van der Waals surface area (Å²) in [7, 11) is 2.69. The van der Waals surface area contributed by atoms with E-state index in [0.29, 0.717) is 0 Å². The van der Waals surface area contributed by atoms with Crippen LogP contribution in [-0.4, -0.2) is 10.6 Å². The van der Waals surface area contributed by atoms with Gasteiger partial charge in [0.2, 0.25) is 0 Å². The van der Waals surface area contributed by atoms with E-state index < -0.39 is 0 Å². The van der Waals surface area contributed by atoms with Crippen molar-refractivity contribution in [3.05, 3.63) is 0 Å². The van der Waals surface area contributed by atoms with E-state index in [4.69, 9.17) is 0 Å². The fourth-order valence-electron chi connectivity index (χ4n) is 0.0772. The maximum absolute atomic E-state index is 2.69. The van der Waals surface area contributed by atoms with Crippen molar-refractivity contribution in [2.45, 2.75) is 6.42 Å². The van der Waals surface area contributed by atoms with Crippen LogP contribution in [0.15, 0.2) is 0 Å². The Morgan fingerprint density at radius 1 is 1.50 bits per heavy atom. The Morgan fingerprint density at radius 2 is 2.00 bits per heavy atom. The van der Waals surface area contributed by atoms with E-state index in [2.05, 4.69) is 31.8 Å². The van der Waals surface area contributed by atoms with Crippen LogP contribution >= 0.6 is 55.8 Å². The van der Waals surface area contributed by atoms with Gasteiger partial charge in [0.15, 0.2) is 0 Å². The van der Waals surface area contributed by atoms with E-state index in [1.165, 1.54) is 17.0 Å². The van der Waals surface area contributed by atoms with Crippen molar-refractivity contribution in [3.63, 3.8) is 0 Å². The molecule has 0 aromatic heterocycles. The van der Waals surface area contributed by atoms with E-state index in [0.717, 1.165) is 0 Å². The molecule has 0 nitrogen and oxygen atoms in total. The van der Waals surface area contributed by atoms with Gasteiger partial charge < -0.3 is 0 Å². The maximum Gasteiger partial charge on any atom is -0.000155 e. The molecule has 0 radical (unpaired) electrons. The molecule has 6 heavy (non-hydrogen) atoms. The zero-order valence-corrected chi connectivity index (χ0v) is 9.13. The Labute approximate surface area is 72.2 Å². The van der Waals surface area contributed by atoms with Crippen LogP contribution in [0.1, 0.15) is 6.42 Å². The number of hydrogen-bond acceptors (Lipinski definition) is 0. The highest BCUT2D eigenvalue weighted by Gasteiger charge is 1.69. The first-order chi connectivity index (χ1) is 2.41. The van der Waals surface area contributed by atoms with Gasteiger partial charge in [0.1, 0.15) is 0 Å². The maximum atomic E-state index is 2.69. The van der Waals surface area contributed by atoms with Crippen LogP contribution in [0, 0.1) is 0 Å². The van der Waals surface area contributed by atoms with Crippen LogP contribution in [0.5, 0.6) is 0 Å². The standard InChI is InChI=1S/C3H8IP.HI/c4-2-1-3-5;/h1-3,5H2;1H. The summed E-state index contributed by atoms with van der Waals surface area (Å²) in [6.45, 7) is 0. The second-order valence-electron chi connectivity index (χ2n) is 0.831. The summed E-state index contributed by atoms with van der Waals surface area (Å²) in [5.41, 5.74) is 0. The summed E-state index contributed by atoms with van der Waals surface area (Å²) in [5, 5.41) is 0. The second-order valence-corrected chi connectivity index (χ2v) is 2.49. The Balaban J connectivity index is 0. The van der Waals surface area contributed by atoms with Gasteiger partial charge in [0, 0.05) is 0 Å². The third-order valence-electron chi connectivity index (χ3n) is 0.338. The lowest BCUT2D eigenvalue weighted by atomic mass is 10.6. The smallest absolute Gasteiger partial charge is 0.000155 e. The first kappa shape index (κ1) is 10.8. The highest BCUT2D eigenvalue weighted by atomic mass is 127. The molecule has 0 aromatic carbocycles. The van der Waals surface area contributed by atoms with Crippen LogP contribution in [0.2, 0.25) is 0 Å². The minimum absolute atomic E-state index is 0. The highest BCUT2D eigenvalue weighted by molar-refractivity contribution is 14.1. The van der Waals surface area contributed by atoms with Gasteiger partial charge in [0.05, 0.1) is 0 Å². The van der Waals surface area contributed by atoms with Gasteiger partial charge >= 0.3 is 0 Å². The number of hydrogen-bond donors (Lipinski definition) is 0. The van der Waals surface area contributed by atoms with Gasteiger partial charge in [-0.2, -0.15) is 0 Å². The number of halogens is 2. The van der Waals surface area contributed by atoms with Crippen LogP contribution in [0.3, 0.4) is 0 Å². The van der Waals surface area contributed by atoms with E-state index in [9.17, 15) is 0 Å². The minimum atomic E-state index is 0. The molecule has 0 heterocycles. The summed E-state index contributed by atoms with van der Waals surface area (Å²) in [6, 6.07) is 0. The van der Waals surface area contributed by atoms with Gasteiger partial charge in [-0.05, 0) is 17.0 Å². The van der Waals surface area contributed by atoms with E-state index in [1.54, 1.807) is 0 Å². The molecule has 40 valence electrons. The molecule has 0 aromatic rings. The van der Waals surface area contributed by atoms with Crippen molar-refractivity contribution in [3.8, 4) is 0 Å². The predicted molar refractivity (Wildman–Crippen MR) is 53.5 cm³/mol. The summed E-state index contributed by atoms with van der Waals surface area (Å²) >= 11 is 2.37. The minimum Gasteiger partial charge on any atom is -0.138 e. The summed E-state index contributed by atoms with van der Waals surface area (Å²) < 4.78 is 1.29. The molecule has 1 atom stereocenters. The molecule has 0 saturated carbocycles. The van der Waals surface area contributed by atoms with Crippen LogP contribution in [0.25, 0.3) is 0 Å². The van der Waals surface area contributed by atoms with Crippen molar-refractivity contribution in [2.24, 2.45) is 0 Å². The Kier molecular flexibility index (Phi) is 18.0. The van der Waals surface area contributed by atoms with Crippen LogP contribution < -0.4 is 0 Å². The Hall–Kier alpha value is 1.89. The molecule has 0 rings (SSSR count). The van der Waals surface area contributed by atoms with Crippen LogP contribution in [-0.2, 0) is 0 Å². The monoisotopic (exact) mass is 330 g/mol. The molecule has 0 bridgehead atoms. The van der Waals surface area contributed by atoms with Crippen molar-refractivity contribution < 1.29 is 0 Å². The summed E-state index contributed by atoms with van der Waals surface area (Å²) in [6.07, 6.45) is 2.59. The molecule has 0 fully saturated rings. The lowest BCUT2D eigenvalue weighted by molar-refractivity contribution is 1.15. The first-order valence-electron chi connectivity index (χ1n) is 1.68. The Morgan fingerprint density at radius 3 is 2.00 bits per heavy atom. The zero-order valence-electron chi connectivity index (χ0n) is 3.48. The highest BCUT2D eigenvalue weighted by Crippen LogP contribution is 1.91. The average molecular weight is 330 g/mol. The van der Waals surface area contributed by atoms with Crippen molar-refractivity contribution in [1.82, 2.24) is 0 Å². The lowest BCUT2D eigenvalue weighted by Gasteiger charge is -1.77. The molecule has 3 heteroatoms. The van der Waals surface area contributed by atoms with Gasteiger partial charge in [-0.15, -0.1) is 33.2 Å². The molecular formula is C3H9I2P. The third-order valence-corrected chi connectivity index (χ3v) is 1.51. The molecule has 1 unspecified atom stereocenters. The average Bonchev–Trinajstić information content (AvgIpc) is 1.41. The fraction of sp³-hybridized carbons (Fsp3) is 1.00. The number of alkyl halides is 1. The zero-order chi connectivity index (χ0) is 4.12. The van der Waals surface area contributed by atoms with E-state index in [-0.39, 0.29) is 24.0 Å². The summed E-state index contributed by atoms with van der Waals surface area (Å²) in [4.78, 5) is 0. The number of rotatable bonds is 2. The second kappa shape index (κ2) is 10.00. The van der Waals surface area contributed by atoms with Gasteiger partial charge in [0.25, 0.3) is 0 Å². The quantitative estimate of drug-likeness (QED) is 0.414. The molecule has 0 N–H and O–H groups in total. The molecule has 0 aliphatic rings. The largest absolute Gasteiger partial charge is 0.138 e. The Bertz CT molecular complexity index is 16.3. The fourth-order valence-corrected chi connectivity index (χ4v) is 1.55. The molecule has 0 amide bonds. The topological polar surface area (TPSA) is 0 Å². The molecule has 0 aliphatic heterocycles. The normalized spacial score (nSPS) is 7.00. The van der Waals surface area contributed by atoms with Crippen molar-refractivity contribution in [2.75, 3.05) is 10.6 Å². The molecular weight excluding hydrogens is 321 g/mol. The van der Waals surface area contributed by atoms with Gasteiger partial charge in [-0.1, -0.05) is 22.6 Å². The summed E-state index contributed by atoms with van der Waals surface area (Å²) in [5.74, 6) is 0. The lowest BCUT2D eigenvalue weighted by Crippen LogP contribution is -1.69. The third kappa shape index (κ3) is 9.31. The van der Waals surface area contributed by atoms with Crippen molar-refractivity contribution >= 4 is 55.8 Å². The first-order valence-corrected chi connectivity index (χ1v) is 4.02. The SMILES string of the molecule is I.PCCCI. The predicted octanol–water partition coefficient (Wildman–Crippen LogP) is 2.30. The van der Waals surface area contributed by atoms with Gasteiger partial charge in [-0.3, -0.25) is 0 Å². The van der Waals surface area contributed by atoms with Crippen molar-refractivity contribution in [1.29, 1.82) is 0 Å². The molecule has 0 saturated heterocycles. The molecule has 0 spiro atoms. The van der Waals surface area contributed by atoms with E-state index in [1.807, 2.05) is 0 Å².